The number of carbonyl (C=O) groups is 1. The molecule has 1 aliphatic rings. The summed E-state index contributed by atoms with van der Waals surface area (Å²) in [6.07, 6.45) is 1.39. The van der Waals surface area contributed by atoms with Gasteiger partial charge in [0.25, 0.3) is 5.91 Å². The van der Waals surface area contributed by atoms with E-state index >= 15 is 0 Å². The second kappa shape index (κ2) is 11.8. The highest BCUT2D eigenvalue weighted by molar-refractivity contribution is 7.99. The Balaban J connectivity index is 1.40. The summed E-state index contributed by atoms with van der Waals surface area (Å²) in [5.41, 5.74) is 1.83. The molecule has 1 heterocycles. The number of benzene rings is 2. The summed E-state index contributed by atoms with van der Waals surface area (Å²) < 4.78 is 5.43. The van der Waals surface area contributed by atoms with E-state index in [0.717, 1.165) is 47.4 Å². The molecule has 2 aromatic carbocycles. The third-order valence-electron chi connectivity index (χ3n) is 4.58. The van der Waals surface area contributed by atoms with Crippen molar-refractivity contribution in [2.45, 2.75) is 30.4 Å². The lowest BCUT2D eigenvalue weighted by Gasteiger charge is -2.14. The third-order valence-corrected chi connectivity index (χ3v) is 5.84. The molecule has 1 unspecified atom stereocenters. The van der Waals surface area contributed by atoms with Gasteiger partial charge < -0.3 is 20.7 Å². The molecule has 0 spiro atoms. The molecule has 8 heteroatoms. The second-order valence-electron chi connectivity index (χ2n) is 6.85. The Labute approximate surface area is 186 Å². The van der Waals surface area contributed by atoms with Crippen molar-refractivity contribution in [3.63, 3.8) is 0 Å². The molecule has 3 rings (SSSR count). The molecule has 0 aromatic heterocycles. The van der Waals surface area contributed by atoms with Crippen LogP contribution in [0.2, 0.25) is 5.02 Å². The minimum Gasteiger partial charge on any atom is -0.368 e. The molecule has 1 atom stereocenters. The Hall–Kier alpha value is -2.22. The Kier molecular flexibility index (Phi) is 8.86. The number of hydrogen-bond donors (Lipinski definition) is 3. The van der Waals surface area contributed by atoms with Crippen LogP contribution in [0.4, 0.5) is 5.69 Å². The Morgan fingerprint density at radius 2 is 2.07 bits per heavy atom. The number of thioether (sulfide) groups is 1. The van der Waals surface area contributed by atoms with Crippen LogP contribution in [0.1, 0.15) is 18.4 Å². The fourth-order valence-corrected chi connectivity index (χ4v) is 3.94. The first kappa shape index (κ1) is 22.5. The first-order chi connectivity index (χ1) is 14.6. The number of nitrogens with zero attached hydrogens (tertiary/aromatic N) is 1. The van der Waals surface area contributed by atoms with Gasteiger partial charge in [0.15, 0.2) is 5.96 Å². The maximum atomic E-state index is 12.2. The highest BCUT2D eigenvalue weighted by Crippen LogP contribution is 2.19. The maximum Gasteiger partial charge on any atom is 0.253 e. The van der Waals surface area contributed by atoms with E-state index in [0.29, 0.717) is 13.2 Å². The van der Waals surface area contributed by atoms with Gasteiger partial charge in [0, 0.05) is 48.1 Å². The number of nitrogens with one attached hydrogen (secondary N) is 3. The van der Waals surface area contributed by atoms with Crippen molar-refractivity contribution < 1.29 is 9.53 Å². The predicted molar refractivity (Wildman–Crippen MR) is 124 cm³/mol. The van der Waals surface area contributed by atoms with Crippen molar-refractivity contribution in [3.05, 3.63) is 59.1 Å². The van der Waals surface area contributed by atoms with Gasteiger partial charge in [-0.2, -0.15) is 0 Å². The minimum atomic E-state index is -0.333. The zero-order valence-corrected chi connectivity index (χ0v) is 18.6. The number of guanidine groups is 1. The van der Waals surface area contributed by atoms with Crippen molar-refractivity contribution in [2.75, 3.05) is 31.3 Å². The molecule has 160 valence electrons. The van der Waals surface area contributed by atoms with Crippen LogP contribution in [0.5, 0.6) is 0 Å². The fraction of sp³-hybridized carbons (Fsp3) is 0.364. The van der Waals surface area contributed by atoms with Crippen LogP contribution in [0.3, 0.4) is 0 Å². The molecular formula is C22H27ClN4O2S. The predicted octanol–water partition coefficient (Wildman–Crippen LogP) is 3.91. The lowest BCUT2D eigenvalue weighted by atomic mass is 10.2. The Bertz CT molecular complexity index is 854. The standard InChI is InChI=1S/C22H27ClN4O2S/c1-24-22(25-11-13-30-19-9-7-17(23)8-10-19)26-15-16-4-2-5-18(14-16)27-21(28)20-6-3-12-29-20/h2,4-5,7-10,14,20H,3,6,11-13,15H2,1H3,(H,27,28)(H2,24,25,26). The average molecular weight is 447 g/mol. The molecule has 6 nitrogen and oxygen atoms in total. The van der Waals surface area contributed by atoms with E-state index in [4.69, 9.17) is 16.3 Å². The van der Waals surface area contributed by atoms with Crippen molar-refractivity contribution in [3.8, 4) is 0 Å². The Morgan fingerprint density at radius 3 is 2.80 bits per heavy atom. The first-order valence-electron chi connectivity index (χ1n) is 9.98. The van der Waals surface area contributed by atoms with Gasteiger partial charge in [-0.3, -0.25) is 9.79 Å². The van der Waals surface area contributed by atoms with Crippen molar-refractivity contribution in [1.82, 2.24) is 10.6 Å². The smallest absolute Gasteiger partial charge is 0.253 e. The van der Waals surface area contributed by atoms with Gasteiger partial charge in [0.05, 0.1) is 0 Å². The number of halogens is 1. The highest BCUT2D eigenvalue weighted by atomic mass is 35.5. The van der Waals surface area contributed by atoms with Gasteiger partial charge in [-0.15, -0.1) is 11.8 Å². The summed E-state index contributed by atoms with van der Waals surface area (Å²) in [6, 6.07) is 15.6. The lowest BCUT2D eigenvalue weighted by Crippen LogP contribution is -2.37. The number of ether oxygens (including phenoxy) is 1. The third kappa shape index (κ3) is 7.23. The van der Waals surface area contributed by atoms with Crippen LogP contribution >= 0.6 is 23.4 Å². The van der Waals surface area contributed by atoms with E-state index < -0.39 is 0 Å². The van der Waals surface area contributed by atoms with Crippen molar-refractivity contribution in [1.29, 1.82) is 0 Å². The molecule has 2 aromatic rings. The van der Waals surface area contributed by atoms with Gasteiger partial charge in [-0.05, 0) is 54.8 Å². The Morgan fingerprint density at radius 1 is 1.23 bits per heavy atom. The molecule has 30 heavy (non-hydrogen) atoms. The molecule has 1 fully saturated rings. The van der Waals surface area contributed by atoms with E-state index in [-0.39, 0.29) is 12.0 Å². The van der Waals surface area contributed by atoms with Crippen LogP contribution in [0, 0.1) is 0 Å². The number of aliphatic imine (C=N–C) groups is 1. The molecule has 1 aliphatic heterocycles. The van der Waals surface area contributed by atoms with E-state index in [1.807, 2.05) is 48.5 Å². The fourth-order valence-electron chi connectivity index (χ4n) is 3.04. The molecule has 3 N–H and O–H groups in total. The van der Waals surface area contributed by atoms with Crippen molar-refractivity contribution in [2.24, 2.45) is 4.99 Å². The quantitative estimate of drug-likeness (QED) is 0.248. The zero-order valence-electron chi connectivity index (χ0n) is 17.0. The summed E-state index contributed by atoms with van der Waals surface area (Å²) in [5.74, 6) is 1.57. The topological polar surface area (TPSA) is 74.8 Å². The molecule has 0 bridgehead atoms. The van der Waals surface area contributed by atoms with Gasteiger partial charge in [-0.1, -0.05) is 23.7 Å². The molecule has 0 aliphatic carbocycles. The highest BCUT2D eigenvalue weighted by Gasteiger charge is 2.23. The summed E-state index contributed by atoms with van der Waals surface area (Å²) >= 11 is 7.67. The van der Waals surface area contributed by atoms with Gasteiger partial charge in [0.1, 0.15) is 6.10 Å². The van der Waals surface area contributed by atoms with Crippen LogP contribution in [0.15, 0.2) is 58.4 Å². The summed E-state index contributed by atoms with van der Waals surface area (Å²) in [5, 5.41) is 10.3. The van der Waals surface area contributed by atoms with Crippen LogP contribution in [0.25, 0.3) is 0 Å². The lowest BCUT2D eigenvalue weighted by molar-refractivity contribution is -0.124. The average Bonchev–Trinajstić information content (AvgIpc) is 3.30. The number of carbonyl (C=O) groups excluding carboxylic acids is 1. The van der Waals surface area contributed by atoms with E-state index in [9.17, 15) is 4.79 Å². The van der Waals surface area contributed by atoms with Crippen molar-refractivity contribution >= 4 is 40.9 Å². The van der Waals surface area contributed by atoms with Gasteiger partial charge >= 0.3 is 0 Å². The molecule has 0 radical (unpaired) electrons. The zero-order chi connectivity index (χ0) is 21.2. The summed E-state index contributed by atoms with van der Waals surface area (Å²) in [4.78, 5) is 17.7. The molecule has 0 saturated carbocycles. The van der Waals surface area contributed by atoms with E-state index in [1.54, 1.807) is 18.8 Å². The number of hydrogen-bond acceptors (Lipinski definition) is 4. The van der Waals surface area contributed by atoms with Crippen LogP contribution in [-0.4, -0.2) is 43.9 Å². The monoisotopic (exact) mass is 446 g/mol. The largest absolute Gasteiger partial charge is 0.368 e. The molecular weight excluding hydrogens is 420 g/mol. The molecule has 1 saturated heterocycles. The summed E-state index contributed by atoms with van der Waals surface area (Å²) in [6.45, 7) is 2.05. The molecule has 1 amide bonds. The second-order valence-corrected chi connectivity index (χ2v) is 8.45. The normalized spacial score (nSPS) is 16.3. The van der Waals surface area contributed by atoms with Crippen LogP contribution < -0.4 is 16.0 Å². The first-order valence-corrected chi connectivity index (χ1v) is 11.3. The van der Waals surface area contributed by atoms with Gasteiger partial charge in [-0.25, -0.2) is 0 Å². The number of amides is 1. The number of rotatable bonds is 8. The summed E-state index contributed by atoms with van der Waals surface area (Å²) in [7, 11) is 1.75. The van der Waals surface area contributed by atoms with E-state index in [1.165, 1.54) is 4.90 Å². The van der Waals surface area contributed by atoms with E-state index in [2.05, 4.69) is 20.9 Å². The maximum absolute atomic E-state index is 12.2. The minimum absolute atomic E-state index is 0.0757. The number of anilines is 1. The van der Waals surface area contributed by atoms with Crippen LogP contribution in [-0.2, 0) is 16.1 Å². The SMILES string of the molecule is CN=C(NCCSc1ccc(Cl)cc1)NCc1cccc(NC(=O)C2CCCO2)c1. The van der Waals surface area contributed by atoms with Gasteiger partial charge in [0.2, 0.25) is 0 Å².